The molecule has 15 amide bonds. The van der Waals surface area contributed by atoms with E-state index in [1.807, 2.05) is 30.3 Å². The Balaban J connectivity index is 1.42. The number of phenolic OH excluding ortho intramolecular Hbond substituents is 2. The quantitative estimate of drug-likeness (QED) is 0.00847. The van der Waals surface area contributed by atoms with Crippen molar-refractivity contribution in [3.8, 4) is 11.5 Å². The first-order valence-electron chi connectivity index (χ1n) is 45.2. The number of carboxylic acid groups (broad SMARTS) is 1. The van der Waals surface area contributed by atoms with Crippen LogP contribution in [0.15, 0.2) is 91.0 Å². The van der Waals surface area contributed by atoms with E-state index in [0.29, 0.717) is 36.0 Å². The average molecular weight is 1950 g/mol. The number of aliphatic carboxylic acids is 1. The van der Waals surface area contributed by atoms with Crippen LogP contribution in [0.3, 0.4) is 0 Å². The zero-order valence-corrected chi connectivity index (χ0v) is 78.4. The van der Waals surface area contributed by atoms with E-state index >= 15 is 19.2 Å². The summed E-state index contributed by atoms with van der Waals surface area (Å²) in [7, 11) is 0. The highest BCUT2D eigenvalue weighted by atomic mass is 32.1. The molecule has 1 aliphatic rings. The number of thiol groups is 2. The number of carbonyl (C=O) groups is 15. The van der Waals surface area contributed by atoms with Crippen LogP contribution >= 0.6 is 25.3 Å². The fourth-order valence-electron chi connectivity index (χ4n) is 14.6. The van der Waals surface area contributed by atoms with Gasteiger partial charge in [0, 0.05) is 70.0 Å². The monoisotopic (exact) mass is 1950 g/mol. The predicted octanol–water partition coefficient (Wildman–Crippen LogP) is -5.86. The van der Waals surface area contributed by atoms with Crippen LogP contribution in [-0.2, 0) is 86.4 Å². The van der Waals surface area contributed by atoms with Gasteiger partial charge in [-0.05, 0) is 187 Å². The van der Waals surface area contributed by atoms with Crippen molar-refractivity contribution in [2.75, 3.05) is 63.9 Å². The van der Waals surface area contributed by atoms with Gasteiger partial charge in [-0.3, -0.25) is 84.0 Å². The number of fused-ring (bicyclic) bond motifs is 1. The van der Waals surface area contributed by atoms with E-state index in [-0.39, 0.29) is 203 Å². The number of aromatic hydroxyl groups is 2. The first-order chi connectivity index (χ1) is 65.2. The minimum atomic E-state index is -1.62. The molecule has 1 fully saturated rings. The van der Waals surface area contributed by atoms with Gasteiger partial charge in [-0.1, -0.05) is 66.7 Å². The van der Waals surface area contributed by atoms with E-state index in [0.717, 1.165) is 10.8 Å². The number of guanidine groups is 4. The summed E-state index contributed by atoms with van der Waals surface area (Å²) in [5, 5.41) is 107. The van der Waals surface area contributed by atoms with Gasteiger partial charge in [-0.2, -0.15) is 25.3 Å². The second-order valence-corrected chi connectivity index (χ2v) is 33.7. The Morgan fingerprint density at radius 1 is 0.380 bits per heavy atom. The van der Waals surface area contributed by atoms with Crippen molar-refractivity contribution in [2.45, 2.75) is 226 Å². The summed E-state index contributed by atoms with van der Waals surface area (Å²) < 4.78 is 0. The number of nitrogens with zero attached hydrogens (tertiary/aromatic N) is 1. The van der Waals surface area contributed by atoms with Crippen molar-refractivity contribution in [2.24, 2.45) is 45.9 Å². The van der Waals surface area contributed by atoms with E-state index in [1.54, 1.807) is 12.1 Å². The van der Waals surface area contributed by atoms with E-state index in [2.05, 4.69) is 116 Å². The van der Waals surface area contributed by atoms with Crippen LogP contribution in [-0.4, -0.2) is 281 Å². The molecular weight excluding hydrogens is 1820 g/mol. The van der Waals surface area contributed by atoms with Gasteiger partial charge in [0.2, 0.25) is 76.8 Å². The summed E-state index contributed by atoms with van der Waals surface area (Å²) in [6, 6.07) is 2.60. The third-order valence-electron chi connectivity index (χ3n) is 22.0. The number of urea groups is 1. The SMILES string of the molecule is C[C@H](NC(=O)[C@H](Cc1ccc(O)cc1)NC(=O)[C@@H]1CCCN1C(=O)[C@@H](CCCCN)NC(=O)[C@H](CCCCN)NC(=O)[C@H](CCCNC(=N)N)NC(=O)[C@H](Cc1ccc(O)cc1)NC(=O)[C@H](CS)NC(=O)[C@H](Cc1ccc2ccccc2c1)NC(=O)[C@H](CCCNC(=N)N)NC(=O)[C@@H](N)CCCNC(=N)N)C(=O)N[C@@H](CCCNC(N)=O)C(=O)N[C@@H](CS)C(=O)N[C@@H](CCCNC(=N)N)C(=O)O. The average Bonchev–Trinajstić information content (AvgIpc) is 1.61. The van der Waals surface area contributed by atoms with E-state index < -0.39 is 185 Å². The highest BCUT2D eigenvalue weighted by Crippen LogP contribution is 2.24. The molecule has 0 aromatic heterocycles. The Hall–Kier alpha value is -13.7. The number of amides is 15. The number of nitrogens with one attached hydrogen (secondary N) is 21. The number of carboxylic acids is 1. The van der Waals surface area contributed by atoms with Crippen LogP contribution in [0.2, 0.25) is 0 Å². The number of unbranched alkanes of at least 4 members (excludes halogenated alkanes) is 2. The van der Waals surface area contributed by atoms with Crippen molar-refractivity contribution in [1.29, 1.82) is 21.6 Å². The van der Waals surface area contributed by atoms with Crippen molar-refractivity contribution >= 4 is 149 Å². The number of phenols is 2. The summed E-state index contributed by atoms with van der Waals surface area (Å²) >= 11 is 8.65. The molecule has 0 aliphatic carbocycles. The second kappa shape index (κ2) is 60.6. The number of nitrogens with two attached hydrogens (primary N) is 8. The van der Waals surface area contributed by atoms with Crippen molar-refractivity contribution in [3.63, 3.8) is 0 Å². The maximum atomic E-state index is 15.3. The van der Waals surface area contributed by atoms with Crippen molar-refractivity contribution in [3.05, 3.63) is 108 Å². The zero-order chi connectivity index (χ0) is 101. The molecule has 1 aliphatic heterocycles. The van der Waals surface area contributed by atoms with Gasteiger partial charge in [0.1, 0.15) is 90.0 Å². The number of hydrogen-bond acceptors (Lipinski definition) is 26. The van der Waals surface area contributed by atoms with Gasteiger partial charge in [-0.15, -0.1) is 0 Å². The van der Waals surface area contributed by atoms with Crippen molar-refractivity contribution in [1.82, 2.24) is 95.3 Å². The number of hydrogen-bond donors (Lipinski definition) is 34. The summed E-state index contributed by atoms with van der Waals surface area (Å²) in [6.07, 6.45) is 0.682. The minimum Gasteiger partial charge on any atom is -0.508 e. The van der Waals surface area contributed by atoms with Crippen LogP contribution in [0.25, 0.3) is 10.8 Å². The first-order valence-corrected chi connectivity index (χ1v) is 46.4. The van der Waals surface area contributed by atoms with Gasteiger partial charge < -0.3 is 156 Å². The van der Waals surface area contributed by atoms with Crippen molar-refractivity contribution < 1.29 is 87.2 Å². The van der Waals surface area contributed by atoms with Crippen LogP contribution in [0.1, 0.15) is 139 Å². The molecule has 4 aromatic carbocycles. The smallest absolute Gasteiger partial charge is 0.326 e. The molecule has 4 aromatic rings. The molecule has 48 nitrogen and oxygen atoms in total. The van der Waals surface area contributed by atoms with Gasteiger partial charge in [0.25, 0.3) is 0 Å². The molecule has 754 valence electrons. The normalized spacial score (nSPS) is 15.0. The lowest BCUT2D eigenvalue weighted by Gasteiger charge is -2.31. The summed E-state index contributed by atoms with van der Waals surface area (Å²) in [4.78, 5) is 215. The Kier molecular flexibility index (Phi) is 50.3. The highest BCUT2D eigenvalue weighted by molar-refractivity contribution is 7.80. The molecule has 0 bridgehead atoms. The molecule has 0 unspecified atom stereocenters. The molecule has 0 saturated carbocycles. The Morgan fingerprint density at radius 2 is 0.708 bits per heavy atom. The first kappa shape index (κ1) is 114. The fraction of sp³-hybridized carbons (Fsp3) is 0.529. The third-order valence-corrected chi connectivity index (χ3v) is 22.8. The lowest BCUT2D eigenvalue weighted by Crippen LogP contribution is -2.61. The largest absolute Gasteiger partial charge is 0.508 e. The van der Waals surface area contributed by atoms with Gasteiger partial charge in [0.05, 0.1) is 6.04 Å². The molecule has 137 heavy (non-hydrogen) atoms. The minimum absolute atomic E-state index is 0.0153. The molecule has 50 heteroatoms. The molecule has 0 radical (unpaired) electrons. The van der Waals surface area contributed by atoms with Crippen LogP contribution < -0.4 is 136 Å². The van der Waals surface area contributed by atoms with Crippen LogP contribution in [0, 0.1) is 21.6 Å². The van der Waals surface area contributed by atoms with Crippen LogP contribution in [0.4, 0.5) is 4.79 Å². The predicted molar refractivity (Wildman–Crippen MR) is 517 cm³/mol. The molecular formula is C87H136N30O18S2. The number of carbonyl (C=O) groups excluding carboxylic acids is 14. The lowest BCUT2D eigenvalue weighted by molar-refractivity contribution is -0.142. The van der Waals surface area contributed by atoms with E-state index in [4.69, 9.17) is 67.5 Å². The number of benzene rings is 4. The third kappa shape index (κ3) is 42.0. The second-order valence-electron chi connectivity index (χ2n) is 33.0. The number of primary amides is 1. The topological polar surface area (TPSA) is 828 Å². The van der Waals surface area contributed by atoms with Crippen LogP contribution in [0.5, 0.6) is 11.5 Å². The van der Waals surface area contributed by atoms with Gasteiger partial charge >= 0.3 is 12.0 Å². The molecule has 40 N–H and O–H groups in total. The van der Waals surface area contributed by atoms with E-state index in [1.165, 1.54) is 60.4 Å². The summed E-state index contributed by atoms with van der Waals surface area (Å²) in [5.74, 6) is -15.7. The van der Waals surface area contributed by atoms with Gasteiger partial charge in [0.15, 0.2) is 23.8 Å². The number of likely N-dealkylation sites (tertiary alicyclic amines) is 1. The summed E-state index contributed by atoms with van der Waals surface area (Å²) in [6.45, 7) is 1.85. The molecule has 14 atom stereocenters. The summed E-state index contributed by atoms with van der Waals surface area (Å²) in [5.41, 5.74) is 46.6. The highest BCUT2D eigenvalue weighted by Gasteiger charge is 2.42. The fourth-order valence-corrected chi connectivity index (χ4v) is 15.1. The van der Waals surface area contributed by atoms with Gasteiger partial charge in [-0.25, -0.2) is 9.59 Å². The standard InChI is InChI=1S/C87H136N30O18S2/c1-48(69(120)106-58(21-11-40-104-87(99)135)74(125)115-66(46-136)78(129)111-62(82(133)134)22-12-39-103-86(97)98)105-75(126)63(43-49-25-30-54(118)31-26-49)114-80(131)68-23-13-41-117(68)81(132)61(18-5-7-35-89)110-72(123)57(17-4-6-34-88)108-71(122)60(20-10-38-102-85(95)96)109-76(127)64(44-50-27-32-55(119)33-28-50)113-79(130)67(47-137)116-77(128)65(45-51-24-29-52-14-2-3-15-53(52)42-51)112-73(124)59(19-9-37-101-84(93)94)107-70(121)56(90)16-8-36-100-83(91)92/h2-3,14-15,24-33,42,48,56-68,118-119,136-137H,4-13,16-23,34-41,43-47,88-90H2,1H3,(H,105,126)(H,106,120)(H,107,121)(H,108,122)(H,109,127)(H,110,123)(H,111,129)(H,112,124)(H,113,130)(H,114,131)(H,115,125)(H,116,128)(H,133,134)(H4,91,92,100)(H4,93,94,101)(H4,95,96,102)(H4,97,98,103)(H3,99,104,135)/t48-,56-,57-,58-,59-,60-,61+,62-,63-,64-,65-,66-,67-,68-/m0/s1. The Morgan fingerprint density at radius 3 is 1.13 bits per heavy atom. The van der Waals surface area contributed by atoms with E-state index in [9.17, 15) is 68.1 Å². The maximum absolute atomic E-state index is 15.3. The molecule has 1 heterocycles. The molecule has 0 spiro atoms. The Bertz CT molecular complexity index is 4740. The molecule has 5 rings (SSSR count). The number of rotatable bonds is 62. The molecule has 1 saturated heterocycles. The maximum Gasteiger partial charge on any atom is 0.326 e. The Labute approximate surface area is 804 Å². The zero-order valence-electron chi connectivity index (χ0n) is 76.6. The lowest BCUT2D eigenvalue weighted by atomic mass is 10.00.